The summed E-state index contributed by atoms with van der Waals surface area (Å²) >= 11 is 0. The zero-order valence-electron chi connectivity index (χ0n) is 15.0. The molecular formula is C21H20N4O2. The molecule has 3 rings (SSSR count). The van der Waals surface area contributed by atoms with Gasteiger partial charge in [0.05, 0.1) is 16.9 Å². The van der Waals surface area contributed by atoms with Crippen LogP contribution >= 0.6 is 0 Å². The van der Waals surface area contributed by atoms with Gasteiger partial charge in [0, 0.05) is 24.0 Å². The Labute approximate surface area is 157 Å². The standard InChI is InChI=1S/C21H20N4O2/c1-3-13-22-21(27)18-6-4-5-7-19(18)24-20(26)16-8-10-17(11-9-16)25-15(2)12-14-23-25/h3-12,14H,1,13H2,2H3,(H,22,27)(H,24,26). The van der Waals surface area contributed by atoms with Gasteiger partial charge in [-0.15, -0.1) is 6.58 Å². The summed E-state index contributed by atoms with van der Waals surface area (Å²) in [6.45, 7) is 5.89. The number of hydrogen-bond acceptors (Lipinski definition) is 3. The van der Waals surface area contributed by atoms with Crippen LogP contribution in [0.3, 0.4) is 0 Å². The van der Waals surface area contributed by atoms with E-state index >= 15 is 0 Å². The number of nitrogens with one attached hydrogen (secondary N) is 2. The summed E-state index contributed by atoms with van der Waals surface area (Å²) in [5, 5.41) is 9.76. The Hall–Kier alpha value is -3.67. The highest BCUT2D eigenvalue weighted by Gasteiger charge is 2.13. The molecule has 2 amide bonds. The monoisotopic (exact) mass is 360 g/mol. The highest BCUT2D eigenvalue weighted by molar-refractivity contribution is 6.09. The second-order valence-corrected chi connectivity index (χ2v) is 5.93. The summed E-state index contributed by atoms with van der Waals surface area (Å²) < 4.78 is 1.79. The Morgan fingerprint density at radius 3 is 2.48 bits per heavy atom. The van der Waals surface area contributed by atoms with E-state index in [4.69, 9.17) is 0 Å². The van der Waals surface area contributed by atoms with Crippen LogP contribution in [-0.2, 0) is 0 Å². The summed E-state index contributed by atoms with van der Waals surface area (Å²) in [5.74, 6) is -0.557. The molecule has 0 aliphatic carbocycles. The van der Waals surface area contributed by atoms with Crippen LogP contribution in [0.4, 0.5) is 5.69 Å². The number of carbonyl (C=O) groups is 2. The van der Waals surface area contributed by atoms with E-state index in [2.05, 4.69) is 22.3 Å². The minimum atomic E-state index is -0.289. The van der Waals surface area contributed by atoms with E-state index in [1.807, 2.05) is 25.1 Å². The third kappa shape index (κ3) is 4.12. The summed E-state index contributed by atoms with van der Waals surface area (Å²) in [6.07, 6.45) is 3.33. The summed E-state index contributed by atoms with van der Waals surface area (Å²) in [4.78, 5) is 24.8. The van der Waals surface area contributed by atoms with E-state index in [0.717, 1.165) is 11.4 Å². The van der Waals surface area contributed by atoms with Crippen molar-refractivity contribution in [1.29, 1.82) is 0 Å². The van der Waals surface area contributed by atoms with E-state index in [1.165, 1.54) is 0 Å². The van der Waals surface area contributed by atoms with Gasteiger partial charge in [-0.05, 0) is 49.4 Å². The van der Waals surface area contributed by atoms with Crippen LogP contribution in [-0.4, -0.2) is 28.1 Å². The fraction of sp³-hybridized carbons (Fsp3) is 0.0952. The molecule has 2 aromatic carbocycles. The average molecular weight is 360 g/mol. The van der Waals surface area contributed by atoms with Gasteiger partial charge in [-0.2, -0.15) is 5.10 Å². The van der Waals surface area contributed by atoms with E-state index in [1.54, 1.807) is 53.4 Å². The molecule has 0 bridgehead atoms. The fourth-order valence-electron chi connectivity index (χ4n) is 2.64. The van der Waals surface area contributed by atoms with Crippen LogP contribution in [0, 0.1) is 6.92 Å². The summed E-state index contributed by atoms with van der Waals surface area (Å²) in [6, 6.07) is 15.9. The lowest BCUT2D eigenvalue weighted by atomic mass is 10.1. The van der Waals surface area contributed by atoms with E-state index < -0.39 is 0 Å². The van der Waals surface area contributed by atoms with Gasteiger partial charge in [-0.25, -0.2) is 4.68 Å². The first-order chi connectivity index (χ1) is 13.1. The van der Waals surface area contributed by atoms with Crippen LogP contribution in [0.5, 0.6) is 0 Å². The van der Waals surface area contributed by atoms with Crippen molar-refractivity contribution in [3.8, 4) is 5.69 Å². The van der Waals surface area contributed by atoms with Crippen LogP contribution in [0.1, 0.15) is 26.4 Å². The van der Waals surface area contributed by atoms with Crippen molar-refractivity contribution in [2.24, 2.45) is 0 Å². The van der Waals surface area contributed by atoms with E-state index in [0.29, 0.717) is 23.4 Å². The highest BCUT2D eigenvalue weighted by Crippen LogP contribution is 2.17. The predicted molar refractivity (Wildman–Crippen MR) is 105 cm³/mol. The van der Waals surface area contributed by atoms with Gasteiger partial charge in [-0.3, -0.25) is 9.59 Å². The molecule has 0 atom stereocenters. The third-order valence-electron chi connectivity index (χ3n) is 4.03. The Morgan fingerprint density at radius 1 is 1.07 bits per heavy atom. The second kappa shape index (κ2) is 8.14. The maximum atomic E-state index is 12.6. The quantitative estimate of drug-likeness (QED) is 0.662. The molecule has 1 heterocycles. The number of anilines is 1. The molecule has 27 heavy (non-hydrogen) atoms. The lowest BCUT2D eigenvalue weighted by Crippen LogP contribution is -2.25. The molecule has 0 aliphatic heterocycles. The molecule has 0 unspecified atom stereocenters. The van der Waals surface area contributed by atoms with Crippen molar-refractivity contribution in [1.82, 2.24) is 15.1 Å². The minimum absolute atomic E-state index is 0.268. The predicted octanol–water partition coefficient (Wildman–Crippen LogP) is 3.35. The zero-order valence-corrected chi connectivity index (χ0v) is 15.0. The van der Waals surface area contributed by atoms with Crippen molar-refractivity contribution in [3.63, 3.8) is 0 Å². The molecule has 6 nitrogen and oxygen atoms in total. The topological polar surface area (TPSA) is 76.0 Å². The molecule has 3 aromatic rings. The highest BCUT2D eigenvalue weighted by atomic mass is 16.2. The Morgan fingerprint density at radius 2 is 1.81 bits per heavy atom. The van der Waals surface area contributed by atoms with Gasteiger partial charge in [-0.1, -0.05) is 18.2 Å². The Bertz CT molecular complexity index is 974. The minimum Gasteiger partial charge on any atom is -0.349 e. The summed E-state index contributed by atoms with van der Waals surface area (Å²) in [7, 11) is 0. The number of benzene rings is 2. The van der Waals surface area contributed by atoms with Crippen molar-refractivity contribution in [2.45, 2.75) is 6.92 Å². The van der Waals surface area contributed by atoms with Crippen LogP contribution in [0.25, 0.3) is 5.69 Å². The molecule has 0 spiro atoms. The van der Waals surface area contributed by atoms with Gasteiger partial charge in [0.1, 0.15) is 0 Å². The zero-order chi connectivity index (χ0) is 19.2. The molecule has 2 N–H and O–H groups in total. The Balaban J connectivity index is 1.77. The first-order valence-corrected chi connectivity index (χ1v) is 8.50. The van der Waals surface area contributed by atoms with Gasteiger partial charge in [0.15, 0.2) is 0 Å². The SMILES string of the molecule is C=CCNC(=O)c1ccccc1NC(=O)c1ccc(-n2nccc2C)cc1. The van der Waals surface area contributed by atoms with Gasteiger partial charge in [0.25, 0.3) is 11.8 Å². The average Bonchev–Trinajstić information content (AvgIpc) is 3.12. The number of carbonyl (C=O) groups excluding carboxylic acids is 2. The number of para-hydroxylation sites is 1. The molecule has 0 aliphatic rings. The second-order valence-electron chi connectivity index (χ2n) is 5.93. The maximum Gasteiger partial charge on any atom is 0.255 e. The molecule has 136 valence electrons. The third-order valence-corrected chi connectivity index (χ3v) is 4.03. The number of nitrogens with zero attached hydrogens (tertiary/aromatic N) is 2. The molecule has 6 heteroatoms. The molecule has 0 fully saturated rings. The van der Waals surface area contributed by atoms with Gasteiger partial charge in [0.2, 0.25) is 0 Å². The number of aryl methyl sites for hydroxylation is 1. The van der Waals surface area contributed by atoms with Crippen molar-refractivity contribution < 1.29 is 9.59 Å². The van der Waals surface area contributed by atoms with E-state index in [9.17, 15) is 9.59 Å². The first-order valence-electron chi connectivity index (χ1n) is 8.50. The number of aromatic nitrogens is 2. The molecule has 1 aromatic heterocycles. The molecule has 0 radical (unpaired) electrons. The smallest absolute Gasteiger partial charge is 0.255 e. The largest absolute Gasteiger partial charge is 0.349 e. The fourth-order valence-corrected chi connectivity index (χ4v) is 2.64. The Kier molecular flexibility index (Phi) is 5.47. The van der Waals surface area contributed by atoms with Gasteiger partial charge >= 0.3 is 0 Å². The molecule has 0 saturated carbocycles. The summed E-state index contributed by atoms with van der Waals surface area (Å²) in [5.41, 5.74) is 3.22. The van der Waals surface area contributed by atoms with Crippen LogP contribution < -0.4 is 10.6 Å². The maximum absolute atomic E-state index is 12.6. The lowest BCUT2D eigenvalue weighted by molar-refractivity contribution is 0.0959. The normalized spacial score (nSPS) is 10.3. The molecule has 0 saturated heterocycles. The van der Waals surface area contributed by atoms with Crippen molar-refractivity contribution >= 4 is 17.5 Å². The number of hydrogen-bond donors (Lipinski definition) is 2. The van der Waals surface area contributed by atoms with Crippen LogP contribution in [0.2, 0.25) is 0 Å². The number of rotatable bonds is 6. The molecular weight excluding hydrogens is 340 g/mol. The van der Waals surface area contributed by atoms with E-state index in [-0.39, 0.29) is 11.8 Å². The van der Waals surface area contributed by atoms with Gasteiger partial charge < -0.3 is 10.6 Å². The van der Waals surface area contributed by atoms with Crippen LogP contribution in [0.15, 0.2) is 73.4 Å². The first kappa shape index (κ1) is 18.1. The van der Waals surface area contributed by atoms with Crippen molar-refractivity contribution in [2.75, 3.05) is 11.9 Å². The number of amides is 2. The lowest BCUT2D eigenvalue weighted by Gasteiger charge is -2.11. The van der Waals surface area contributed by atoms with Crippen molar-refractivity contribution in [3.05, 3.63) is 90.3 Å².